The molecule has 0 atom stereocenters. The van der Waals surface area contributed by atoms with Gasteiger partial charge in [-0.15, -0.1) is 0 Å². The average Bonchev–Trinajstić information content (AvgIpc) is 1.82. The summed E-state index contributed by atoms with van der Waals surface area (Å²) >= 11 is 0. The van der Waals surface area contributed by atoms with Crippen molar-refractivity contribution in [3.05, 3.63) is 0 Å². The molecule has 11 heavy (non-hydrogen) atoms. The first kappa shape index (κ1) is 7.74. The molecule has 0 amide bonds. The maximum Gasteiger partial charge on any atom is 0.488 e. The van der Waals surface area contributed by atoms with Crippen LogP contribution in [-0.4, -0.2) is 5.97 Å². The molecule has 3 heterocycles. The number of unbranched alkanes of at least 4 members (excludes halogenated alkanes) is 2. The number of hydrogen-bond donors (Lipinski definition) is 0. The van der Waals surface area contributed by atoms with Gasteiger partial charge in [0.05, 0.1) is 0 Å². The summed E-state index contributed by atoms with van der Waals surface area (Å²) in [4.78, 5) is 0. The first-order valence-electron chi connectivity index (χ1n) is 3.90. The van der Waals surface area contributed by atoms with Crippen LogP contribution in [0.15, 0.2) is 0 Å². The summed E-state index contributed by atoms with van der Waals surface area (Å²) in [7, 11) is -2.94. The molecule has 3 saturated heterocycles. The van der Waals surface area contributed by atoms with Crippen molar-refractivity contribution in [1.29, 1.82) is 0 Å². The fourth-order valence-corrected chi connectivity index (χ4v) is 2.60. The molecule has 0 radical (unpaired) electrons. The van der Waals surface area contributed by atoms with E-state index < -0.39 is 13.8 Å². The van der Waals surface area contributed by atoms with Crippen LogP contribution in [0.1, 0.15) is 32.6 Å². The Morgan fingerprint density at radius 2 is 1.91 bits per heavy atom. The summed E-state index contributed by atoms with van der Waals surface area (Å²) in [5.74, 6) is -0.884. The summed E-state index contributed by atoms with van der Waals surface area (Å²) in [5, 5.41) is 0. The Balaban J connectivity index is 1.70. The van der Waals surface area contributed by atoms with Crippen molar-refractivity contribution in [3.63, 3.8) is 0 Å². The first-order valence-corrected chi connectivity index (χ1v) is 5.36. The molecule has 0 aromatic heterocycles. The van der Waals surface area contributed by atoms with Crippen LogP contribution in [0.3, 0.4) is 0 Å². The highest BCUT2D eigenvalue weighted by Gasteiger charge is 2.74. The largest absolute Gasteiger partial charge is 0.488 e. The highest BCUT2D eigenvalue weighted by Crippen LogP contribution is 2.81. The summed E-state index contributed by atoms with van der Waals surface area (Å²) in [6.45, 7) is 2.12. The van der Waals surface area contributed by atoms with E-state index in [1.165, 1.54) is 0 Å². The Kier molecular flexibility index (Phi) is 1.62. The van der Waals surface area contributed by atoms with Gasteiger partial charge in [0.1, 0.15) is 0 Å². The van der Waals surface area contributed by atoms with Crippen LogP contribution in [0.4, 0.5) is 0 Å². The number of phosphoric acid groups is 1. The molecule has 3 aliphatic heterocycles. The van der Waals surface area contributed by atoms with E-state index in [1.807, 2.05) is 0 Å². The molecule has 0 N–H and O–H groups in total. The van der Waals surface area contributed by atoms with Crippen LogP contribution in [0, 0.1) is 0 Å². The summed E-state index contributed by atoms with van der Waals surface area (Å²) in [6, 6.07) is 0. The second-order valence-electron chi connectivity index (χ2n) is 2.86. The van der Waals surface area contributed by atoms with Gasteiger partial charge in [-0.25, -0.2) is 18.1 Å². The van der Waals surface area contributed by atoms with Crippen molar-refractivity contribution in [3.8, 4) is 0 Å². The molecule has 5 heteroatoms. The molecule has 0 aliphatic carbocycles. The molecule has 0 unspecified atom stereocenters. The van der Waals surface area contributed by atoms with Gasteiger partial charge in [0.25, 0.3) is 0 Å². The molecule has 2 bridgehead atoms. The van der Waals surface area contributed by atoms with E-state index in [2.05, 4.69) is 6.92 Å². The lowest BCUT2D eigenvalue weighted by Crippen LogP contribution is -2.56. The third kappa shape index (κ3) is 1.14. The summed E-state index contributed by atoms with van der Waals surface area (Å²) < 4.78 is 25.3. The van der Waals surface area contributed by atoms with Gasteiger partial charge >= 0.3 is 13.8 Å². The lowest BCUT2D eigenvalue weighted by atomic mass is 10.2. The van der Waals surface area contributed by atoms with E-state index in [9.17, 15) is 4.57 Å². The first-order chi connectivity index (χ1) is 5.18. The van der Waals surface area contributed by atoms with Crippen molar-refractivity contribution in [2.75, 3.05) is 0 Å². The zero-order chi connectivity index (χ0) is 7.95. The van der Waals surface area contributed by atoms with Crippen LogP contribution in [0.2, 0.25) is 0 Å². The molecule has 0 aromatic rings. The van der Waals surface area contributed by atoms with Crippen molar-refractivity contribution in [2.24, 2.45) is 0 Å². The number of rotatable bonds is 4. The standard InChI is InChI=1S/C6H11O4P/c1-2-3-4-5-6-8-11(7,9-6)10-6/h2-5H2,1H3. The Hall–Kier alpha value is 0.110. The molecular formula is C6H11O4P. The Morgan fingerprint density at radius 1 is 1.27 bits per heavy atom. The monoisotopic (exact) mass is 178 g/mol. The van der Waals surface area contributed by atoms with Crippen LogP contribution < -0.4 is 0 Å². The maximum absolute atomic E-state index is 10.7. The summed E-state index contributed by atoms with van der Waals surface area (Å²) in [6.07, 6.45) is 3.97. The molecule has 0 aromatic carbocycles. The van der Waals surface area contributed by atoms with E-state index in [1.54, 1.807) is 0 Å². The van der Waals surface area contributed by atoms with E-state index in [-0.39, 0.29) is 0 Å². The molecule has 0 saturated carbocycles. The predicted octanol–water partition coefficient (Wildman–Crippen LogP) is 2.41. The molecule has 3 aliphatic rings. The predicted molar refractivity (Wildman–Crippen MR) is 37.7 cm³/mol. The molecular weight excluding hydrogens is 167 g/mol. The SMILES string of the molecule is CCCCCC12OP(=O)(O1)O2. The highest BCUT2D eigenvalue weighted by atomic mass is 31.2. The third-order valence-corrected chi connectivity index (χ3v) is 3.34. The molecule has 64 valence electrons. The lowest BCUT2D eigenvalue weighted by molar-refractivity contribution is -0.430. The van der Waals surface area contributed by atoms with E-state index in [4.69, 9.17) is 13.6 Å². The van der Waals surface area contributed by atoms with E-state index in [0.29, 0.717) is 6.42 Å². The minimum atomic E-state index is -2.94. The topological polar surface area (TPSA) is 44.8 Å². The van der Waals surface area contributed by atoms with Crippen LogP contribution in [0.5, 0.6) is 0 Å². The fraction of sp³-hybridized carbons (Fsp3) is 1.00. The van der Waals surface area contributed by atoms with Crippen LogP contribution in [-0.2, 0) is 18.1 Å². The van der Waals surface area contributed by atoms with E-state index >= 15 is 0 Å². The summed E-state index contributed by atoms with van der Waals surface area (Å²) in [5.41, 5.74) is 0. The average molecular weight is 178 g/mol. The maximum atomic E-state index is 10.7. The molecule has 3 fully saturated rings. The van der Waals surface area contributed by atoms with Crippen molar-refractivity contribution >= 4 is 7.82 Å². The second-order valence-corrected chi connectivity index (χ2v) is 4.30. The second kappa shape index (κ2) is 2.30. The Bertz CT molecular complexity index is 188. The van der Waals surface area contributed by atoms with Gasteiger partial charge in [-0.3, -0.25) is 0 Å². The molecule has 4 nitrogen and oxygen atoms in total. The highest BCUT2D eigenvalue weighted by molar-refractivity contribution is 7.51. The number of hydrogen-bond acceptors (Lipinski definition) is 4. The third-order valence-electron chi connectivity index (χ3n) is 1.84. The van der Waals surface area contributed by atoms with Gasteiger partial charge in [0.2, 0.25) is 0 Å². The van der Waals surface area contributed by atoms with Crippen molar-refractivity contribution in [1.82, 2.24) is 0 Å². The zero-order valence-corrected chi connectivity index (χ0v) is 7.30. The molecule has 3 rings (SSSR count). The Morgan fingerprint density at radius 3 is 2.36 bits per heavy atom. The number of phosphoric ester groups is 1. The van der Waals surface area contributed by atoms with Crippen LogP contribution >= 0.6 is 7.82 Å². The quantitative estimate of drug-likeness (QED) is 0.489. The van der Waals surface area contributed by atoms with Crippen LogP contribution in [0.25, 0.3) is 0 Å². The normalized spacial score (nSPS) is 46.3. The molecule has 0 spiro atoms. The van der Waals surface area contributed by atoms with E-state index in [0.717, 1.165) is 19.3 Å². The smallest absolute Gasteiger partial charge is 0.227 e. The van der Waals surface area contributed by atoms with Gasteiger partial charge in [0.15, 0.2) is 0 Å². The van der Waals surface area contributed by atoms with Gasteiger partial charge in [-0.05, 0) is 6.42 Å². The van der Waals surface area contributed by atoms with Gasteiger partial charge in [-0.2, -0.15) is 0 Å². The van der Waals surface area contributed by atoms with Crippen molar-refractivity contribution < 1.29 is 18.1 Å². The minimum Gasteiger partial charge on any atom is -0.227 e. The minimum absolute atomic E-state index is 0.699. The fourth-order valence-electron chi connectivity index (χ4n) is 1.26. The zero-order valence-electron chi connectivity index (χ0n) is 6.41. The Labute approximate surface area is 65.4 Å². The van der Waals surface area contributed by atoms with Gasteiger partial charge < -0.3 is 0 Å². The lowest BCUT2D eigenvalue weighted by Gasteiger charge is -2.55. The van der Waals surface area contributed by atoms with Crippen molar-refractivity contribution in [2.45, 2.75) is 38.6 Å². The van der Waals surface area contributed by atoms with Gasteiger partial charge in [0, 0.05) is 6.42 Å². The van der Waals surface area contributed by atoms with Gasteiger partial charge in [-0.1, -0.05) is 19.8 Å².